The lowest BCUT2D eigenvalue weighted by molar-refractivity contribution is -0.137. The van der Waals surface area contributed by atoms with E-state index in [1.54, 1.807) is 0 Å². The molecule has 3 nitrogen and oxygen atoms in total. The van der Waals surface area contributed by atoms with Gasteiger partial charge in [0.25, 0.3) is 5.24 Å². The second-order valence-electron chi connectivity index (χ2n) is 3.56. The fourth-order valence-electron chi connectivity index (χ4n) is 1.54. The molecule has 1 aromatic carbocycles. The van der Waals surface area contributed by atoms with Gasteiger partial charge < -0.3 is 4.98 Å². The second-order valence-corrected chi connectivity index (χ2v) is 3.91. The highest BCUT2D eigenvalue weighted by Gasteiger charge is 2.30. The van der Waals surface area contributed by atoms with E-state index in [0.717, 1.165) is 24.4 Å². The van der Waals surface area contributed by atoms with Gasteiger partial charge in [0.15, 0.2) is 0 Å². The van der Waals surface area contributed by atoms with Gasteiger partial charge in [-0.1, -0.05) is 0 Å². The Bertz CT molecular complexity index is 691. The minimum absolute atomic E-state index is 0.00325. The Labute approximate surface area is 103 Å². The van der Waals surface area contributed by atoms with E-state index in [9.17, 15) is 22.8 Å². The fraction of sp³-hybridized carbons (Fsp3) is 0.0909. The van der Waals surface area contributed by atoms with Gasteiger partial charge in [0.05, 0.1) is 11.1 Å². The van der Waals surface area contributed by atoms with Gasteiger partial charge in [-0.25, -0.2) is 0 Å². The minimum Gasteiger partial charge on any atom is -0.360 e. The number of pyridine rings is 1. The first-order valence-electron chi connectivity index (χ1n) is 4.73. The fourth-order valence-corrected chi connectivity index (χ4v) is 1.68. The molecule has 0 aliphatic rings. The zero-order valence-electron chi connectivity index (χ0n) is 8.64. The van der Waals surface area contributed by atoms with Crippen LogP contribution in [-0.4, -0.2) is 10.2 Å². The number of benzene rings is 1. The van der Waals surface area contributed by atoms with E-state index in [4.69, 9.17) is 11.6 Å². The molecule has 0 saturated heterocycles. The van der Waals surface area contributed by atoms with Crippen LogP contribution in [0.4, 0.5) is 13.2 Å². The van der Waals surface area contributed by atoms with Gasteiger partial charge in [0, 0.05) is 17.1 Å². The van der Waals surface area contributed by atoms with Crippen LogP contribution < -0.4 is 5.43 Å². The third kappa shape index (κ3) is 2.11. The number of nitrogens with one attached hydrogen (secondary N) is 1. The van der Waals surface area contributed by atoms with Crippen molar-refractivity contribution in [2.75, 3.05) is 0 Å². The van der Waals surface area contributed by atoms with Crippen molar-refractivity contribution < 1.29 is 18.0 Å². The van der Waals surface area contributed by atoms with E-state index in [2.05, 4.69) is 4.98 Å². The first-order valence-corrected chi connectivity index (χ1v) is 5.11. The summed E-state index contributed by atoms with van der Waals surface area (Å²) in [4.78, 5) is 25.1. The summed E-state index contributed by atoms with van der Waals surface area (Å²) in [5, 5.41) is -0.979. The zero-order valence-corrected chi connectivity index (χ0v) is 9.39. The molecule has 0 aliphatic heterocycles. The molecular formula is C11H5ClF3NO2. The maximum atomic E-state index is 12.5. The van der Waals surface area contributed by atoms with Crippen molar-refractivity contribution in [3.63, 3.8) is 0 Å². The van der Waals surface area contributed by atoms with Crippen LogP contribution in [0.2, 0.25) is 0 Å². The summed E-state index contributed by atoms with van der Waals surface area (Å²) in [6.45, 7) is 0. The molecule has 0 amide bonds. The predicted octanol–water partition coefficient (Wildman–Crippen LogP) is 2.93. The van der Waals surface area contributed by atoms with E-state index in [1.165, 1.54) is 0 Å². The molecule has 0 spiro atoms. The quantitative estimate of drug-likeness (QED) is 0.814. The molecule has 7 heteroatoms. The molecule has 0 saturated carbocycles. The Balaban J connectivity index is 2.73. The smallest absolute Gasteiger partial charge is 0.360 e. The summed E-state index contributed by atoms with van der Waals surface area (Å²) < 4.78 is 37.4. The number of aromatic nitrogens is 1. The average Bonchev–Trinajstić information content (AvgIpc) is 2.27. The minimum atomic E-state index is -4.49. The standard InChI is InChI=1S/C11H5ClF3NO2/c12-10(18)7-4-16-8-3-5(11(13,14)15)1-2-6(8)9(7)17/h1-4H,(H,16,17). The van der Waals surface area contributed by atoms with E-state index in [-0.39, 0.29) is 16.5 Å². The van der Waals surface area contributed by atoms with Gasteiger partial charge in [-0.05, 0) is 29.8 Å². The largest absolute Gasteiger partial charge is 0.416 e. The molecule has 0 fully saturated rings. The van der Waals surface area contributed by atoms with E-state index < -0.39 is 22.4 Å². The number of alkyl halides is 3. The number of fused-ring (bicyclic) bond motifs is 1. The molecular weight excluding hydrogens is 271 g/mol. The molecule has 2 aromatic rings. The number of aromatic amines is 1. The summed E-state index contributed by atoms with van der Waals surface area (Å²) in [6.07, 6.45) is -3.49. The van der Waals surface area contributed by atoms with Crippen LogP contribution in [0.15, 0.2) is 29.2 Å². The van der Waals surface area contributed by atoms with Crippen LogP contribution >= 0.6 is 11.6 Å². The summed E-state index contributed by atoms with van der Waals surface area (Å²) in [5.74, 6) is 0. The highest BCUT2D eigenvalue weighted by Crippen LogP contribution is 2.30. The number of carbonyl (C=O) groups excluding carboxylic acids is 1. The van der Waals surface area contributed by atoms with Crippen molar-refractivity contribution in [3.05, 3.63) is 45.7 Å². The summed E-state index contributed by atoms with van der Waals surface area (Å²) in [6, 6.07) is 2.60. The van der Waals surface area contributed by atoms with E-state index >= 15 is 0 Å². The summed E-state index contributed by atoms with van der Waals surface area (Å²) in [5.41, 5.74) is -1.88. The monoisotopic (exact) mass is 275 g/mol. The molecule has 18 heavy (non-hydrogen) atoms. The Morgan fingerprint density at radius 3 is 2.50 bits per heavy atom. The molecule has 0 radical (unpaired) electrons. The predicted molar refractivity (Wildman–Crippen MR) is 59.8 cm³/mol. The highest BCUT2D eigenvalue weighted by atomic mass is 35.5. The molecule has 1 heterocycles. The van der Waals surface area contributed by atoms with Gasteiger partial charge in [-0.15, -0.1) is 0 Å². The molecule has 2 rings (SSSR count). The Morgan fingerprint density at radius 1 is 1.28 bits per heavy atom. The van der Waals surface area contributed by atoms with Gasteiger partial charge in [0.2, 0.25) is 5.43 Å². The van der Waals surface area contributed by atoms with Gasteiger partial charge in [0.1, 0.15) is 0 Å². The number of hydrogen-bond acceptors (Lipinski definition) is 2. The number of hydrogen-bond donors (Lipinski definition) is 1. The van der Waals surface area contributed by atoms with Crippen LogP contribution in [0.3, 0.4) is 0 Å². The first-order chi connectivity index (χ1) is 8.30. The van der Waals surface area contributed by atoms with Crippen molar-refractivity contribution in [2.24, 2.45) is 0 Å². The van der Waals surface area contributed by atoms with Crippen LogP contribution in [-0.2, 0) is 6.18 Å². The van der Waals surface area contributed by atoms with Crippen molar-refractivity contribution >= 4 is 27.7 Å². The third-order valence-electron chi connectivity index (χ3n) is 2.42. The van der Waals surface area contributed by atoms with Gasteiger partial charge in [-0.2, -0.15) is 13.2 Å². The van der Waals surface area contributed by atoms with Crippen LogP contribution in [0.25, 0.3) is 10.9 Å². The number of H-pyrrole nitrogens is 1. The topological polar surface area (TPSA) is 49.9 Å². The Kier molecular flexibility index (Phi) is 2.90. The Morgan fingerprint density at radius 2 is 1.94 bits per heavy atom. The molecule has 94 valence electrons. The van der Waals surface area contributed by atoms with Crippen molar-refractivity contribution in [1.82, 2.24) is 4.98 Å². The molecule has 1 aromatic heterocycles. The third-order valence-corrected chi connectivity index (χ3v) is 2.62. The number of carbonyl (C=O) groups is 1. The summed E-state index contributed by atoms with van der Waals surface area (Å²) >= 11 is 5.17. The van der Waals surface area contributed by atoms with Crippen molar-refractivity contribution in [3.8, 4) is 0 Å². The maximum absolute atomic E-state index is 12.5. The number of rotatable bonds is 1. The van der Waals surface area contributed by atoms with Crippen molar-refractivity contribution in [1.29, 1.82) is 0 Å². The average molecular weight is 276 g/mol. The van der Waals surface area contributed by atoms with Crippen LogP contribution in [0.5, 0.6) is 0 Å². The Hall–Kier alpha value is -1.82. The number of halogens is 4. The van der Waals surface area contributed by atoms with Gasteiger partial charge >= 0.3 is 6.18 Å². The molecule has 0 aliphatic carbocycles. The van der Waals surface area contributed by atoms with Crippen LogP contribution in [0, 0.1) is 0 Å². The van der Waals surface area contributed by atoms with Crippen molar-refractivity contribution in [2.45, 2.75) is 6.18 Å². The molecule has 0 unspecified atom stereocenters. The first kappa shape index (κ1) is 12.6. The zero-order chi connectivity index (χ0) is 13.5. The van der Waals surface area contributed by atoms with E-state index in [0.29, 0.717) is 0 Å². The highest BCUT2D eigenvalue weighted by molar-refractivity contribution is 6.67. The second kappa shape index (κ2) is 4.13. The lowest BCUT2D eigenvalue weighted by Gasteiger charge is -2.07. The van der Waals surface area contributed by atoms with Crippen LogP contribution in [0.1, 0.15) is 15.9 Å². The normalized spacial score (nSPS) is 11.8. The lowest BCUT2D eigenvalue weighted by atomic mass is 10.1. The summed E-state index contributed by atoms with van der Waals surface area (Å²) in [7, 11) is 0. The van der Waals surface area contributed by atoms with Gasteiger partial charge in [-0.3, -0.25) is 9.59 Å². The van der Waals surface area contributed by atoms with E-state index in [1.807, 2.05) is 0 Å². The SMILES string of the molecule is O=C(Cl)c1c[nH]c2cc(C(F)(F)F)ccc2c1=O. The molecule has 1 N–H and O–H groups in total. The lowest BCUT2D eigenvalue weighted by Crippen LogP contribution is -2.13. The maximum Gasteiger partial charge on any atom is 0.416 e. The molecule has 0 atom stereocenters. The molecule has 0 bridgehead atoms.